The van der Waals surface area contributed by atoms with Crippen molar-refractivity contribution < 1.29 is 9.53 Å². The quantitative estimate of drug-likeness (QED) is 0.513. The molecule has 0 aliphatic carbocycles. The molecule has 26 heavy (non-hydrogen) atoms. The van der Waals surface area contributed by atoms with E-state index in [-0.39, 0.29) is 11.6 Å². The van der Waals surface area contributed by atoms with E-state index in [9.17, 15) is 4.79 Å². The number of nitrogens with one attached hydrogen (secondary N) is 2. The third kappa shape index (κ3) is 4.25. The van der Waals surface area contributed by atoms with Crippen LogP contribution in [0.5, 0.6) is 5.75 Å². The van der Waals surface area contributed by atoms with E-state index in [0.29, 0.717) is 0 Å². The fourth-order valence-corrected chi connectivity index (χ4v) is 3.12. The van der Waals surface area contributed by atoms with Crippen LogP contribution in [0.3, 0.4) is 0 Å². The summed E-state index contributed by atoms with van der Waals surface area (Å²) in [7, 11) is 1.62. The number of carbonyl (C=O) groups excluding carboxylic acids is 1. The van der Waals surface area contributed by atoms with Crippen molar-refractivity contribution in [3.8, 4) is 16.3 Å². The molecule has 0 atom stereocenters. The summed E-state index contributed by atoms with van der Waals surface area (Å²) in [4.78, 5) is 14.3. The number of benzene rings is 1. The lowest BCUT2D eigenvalue weighted by molar-refractivity contribution is 0.0950. The molecule has 2 heterocycles. The molecule has 0 aliphatic rings. The van der Waals surface area contributed by atoms with Crippen LogP contribution in [0.1, 0.15) is 20.9 Å². The van der Waals surface area contributed by atoms with Crippen LogP contribution < -0.4 is 10.2 Å². The van der Waals surface area contributed by atoms with Gasteiger partial charge in [-0.2, -0.15) is 10.2 Å². The van der Waals surface area contributed by atoms with E-state index in [1.54, 1.807) is 30.6 Å². The summed E-state index contributed by atoms with van der Waals surface area (Å²) in [6.07, 6.45) is 5.07. The van der Waals surface area contributed by atoms with Crippen molar-refractivity contribution >= 4 is 29.5 Å². The first-order valence-electron chi connectivity index (χ1n) is 7.92. The zero-order valence-corrected chi connectivity index (χ0v) is 15.2. The second kappa shape index (κ2) is 8.26. The zero-order valence-electron chi connectivity index (χ0n) is 14.4. The Hall–Kier alpha value is -3.19. The minimum Gasteiger partial charge on any atom is -0.496 e. The minimum absolute atomic E-state index is 0.289. The Balaban J connectivity index is 1.58. The molecule has 6 nitrogen and oxygen atoms in total. The molecule has 0 radical (unpaired) electrons. The molecule has 2 N–H and O–H groups in total. The first-order chi connectivity index (χ1) is 12.7. The number of hydrazone groups is 1. The molecule has 1 amide bonds. The number of methoxy groups -OCH3 is 1. The summed E-state index contributed by atoms with van der Waals surface area (Å²) in [5.41, 5.74) is 4.48. The SMILES string of the molecule is COc1ccccc1C=CC=NNC(=O)c1cc(-c2ccc(C)s2)[nH]n1. The van der Waals surface area contributed by atoms with E-state index in [4.69, 9.17) is 4.74 Å². The minimum atomic E-state index is -0.372. The number of aromatic amines is 1. The molecule has 0 saturated heterocycles. The molecule has 7 heteroatoms. The average molecular weight is 366 g/mol. The number of aromatic nitrogens is 2. The Kier molecular flexibility index (Phi) is 5.60. The summed E-state index contributed by atoms with van der Waals surface area (Å²) < 4.78 is 5.26. The Labute approximate surface area is 155 Å². The largest absolute Gasteiger partial charge is 0.496 e. The number of amides is 1. The fraction of sp³-hybridized carbons (Fsp3) is 0.105. The fourth-order valence-electron chi connectivity index (χ4n) is 2.29. The molecular formula is C19H18N4O2S. The predicted octanol–water partition coefficient (Wildman–Crippen LogP) is 3.88. The second-order valence-electron chi connectivity index (χ2n) is 5.40. The number of rotatable bonds is 6. The molecule has 0 saturated carbocycles. The molecule has 0 unspecified atom stereocenters. The predicted molar refractivity (Wildman–Crippen MR) is 105 cm³/mol. The van der Waals surface area contributed by atoms with Gasteiger partial charge in [0.05, 0.1) is 17.7 Å². The van der Waals surface area contributed by atoms with Crippen molar-refractivity contribution in [3.63, 3.8) is 0 Å². The van der Waals surface area contributed by atoms with Gasteiger partial charge in [-0.05, 0) is 43.3 Å². The van der Waals surface area contributed by atoms with E-state index in [2.05, 4.69) is 20.7 Å². The van der Waals surface area contributed by atoms with Crippen LogP contribution in [0.2, 0.25) is 0 Å². The third-order valence-electron chi connectivity index (χ3n) is 3.56. The number of ether oxygens (including phenoxy) is 1. The number of H-pyrrole nitrogens is 1. The van der Waals surface area contributed by atoms with E-state index in [1.165, 1.54) is 11.1 Å². The number of allylic oxidation sites excluding steroid dienone is 1. The second-order valence-corrected chi connectivity index (χ2v) is 6.69. The molecule has 0 aliphatic heterocycles. The smallest absolute Gasteiger partial charge is 0.291 e. The van der Waals surface area contributed by atoms with Gasteiger partial charge >= 0.3 is 0 Å². The van der Waals surface area contributed by atoms with Crippen molar-refractivity contribution in [3.05, 3.63) is 64.7 Å². The van der Waals surface area contributed by atoms with Crippen molar-refractivity contribution in [1.82, 2.24) is 15.6 Å². The highest BCUT2D eigenvalue weighted by molar-refractivity contribution is 7.15. The van der Waals surface area contributed by atoms with E-state index in [0.717, 1.165) is 21.9 Å². The summed E-state index contributed by atoms with van der Waals surface area (Å²) >= 11 is 1.64. The first kappa shape index (κ1) is 17.6. The summed E-state index contributed by atoms with van der Waals surface area (Å²) in [5.74, 6) is 0.400. The molecule has 0 spiro atoms. The topological polar surface area (TPSA) is 79.4 Å². The van der Waals surface area contributed by atoms with Crippen molar-refractivity contribution in [2.75, 3.05) is 7.11 Å². The van der Waals surface area contributed by atoms with Crippen LogP contribution >= 0.6 is 11.3 Å². The highest BCUT2D eigenvalue weighted by Crippen LogP contribution is 2.26. The molecule has 2 aromatic heterocycles. The van der Waals surface area contributed by atoms with Crippen LogP contribution in [0.25, 0.3) is 16.6 Å². The van der Waals surface area contributed by atoms with Crippen LogP contribution in [-0.4, -0.2) is 29.4 Å². The number of aryl methyl sites for hydroxylation is 1. The maximum atomic E-state index is 12.1. The van der Waals surface area contributed by atoms with Crippen molar-refractivity contribution in [1.29, 1.82) is 0 Å². The maximum absolute atomic E-state index is 12.1. The van der Waals surface area contributed by atoms with E-state index in [1.807, 2.05) is 49.4 Å². The average Bonchev–Trinajstić information content (AvgIpc) is 3.30. The molecule has 1 aromatic carbocycles. The first-order valence-corrected chi connectivity index (χ1v) is 8.74. The zero-order chi connectivity index (χ0) is 18.4. The Morgan fingerprint density at radius 1 is 1.31 bits per heavy atom. The Morgan fingerprint density at radius 3 is 2.92 bits per heavy atom. The third-order valence-corrected chi connectivity index (χ3v) is 4.59. The monoisotopic (exact) mass is 366 g/mol. The molecule has 132 valence electrons. The van der Waals surface area contributed by atoms with Crippen LogP contribution in [0, 0.1) is 6.92 Å². The van der Waals surface area contributed by atoms with Crippen molar-refractivity contribution in [2.45, 2.75) is 6.92 Å². The van der Waals surface area contributed by atoms with Gasteiger partial charge in [0.15, 0.2) is 5.69 Å². The van der Waals surface area contributed by atoms with Crippen LogP contribution in [-0.2, 0) is 0 Å². The summed E-state index contributed by atoms with van der Waals surface area (Å²) in [6.45, 7) is 2.03. The van der Waals surface area contributed by atoms with Crippen LogP contribution in [0.15, 0.2) is 53.6 Å². The van der Waals surface area contributed by atoms with E-state index >= 15 is 0 Å². The number of thiophene rings is 1. The normalized spacial score (nSPS) is 11.3. The van der Waals surface area contributed by atoms with Gasteiger partial charge in [0.25, 0.3) is 5.91 Å². The Morgan fingerprint density at radius 2 is 2.15 bits per heavy atom. The van der Waals surface area contributed by atoms with Gasteiger partial charge in [-0.1, -0.05) is 18.2 Å². The lowest BCUT2D eigenvalue weighted by Gasteiger charge is -2.02. The number of nitrogens with zero attached hydrogens (tertiary/aromatic N) is 2. The molecule has 3 rings (SSSR count). The summed E-state index contributed by atoms with van der Waals surface area (Å²) in [5, 5.41) is 10.8. The standard InChI is InChI=1S/C19H18N4O2S/c1-13-9-10-18(26-13)15-12-16(22-21-15)19(24)23-20-11-5-7-14-6-3-4-8-17(14)25-2/h3-12H,1-2H3,(H,21,22)(H,23,24). The Bertz CT molecular complexity index is 956. The van der Waals surface area contributed by atoms with Gasteiger partial charge < -0.3 is 4.74 Å². The van der Waals surface area contributed by atoms with Gasteiger partial charge in [0, 0.05) is 16.7 Å². The maximum Gasteiger partial charge on any atom is 0.291 e. The lowest BCUT2D eigenvalue weighted by Crippen LogP contribution is -2.17. The van der Waals surface area contributed by atoms with Gasteiger partial charge in [-0.25, -0.2) is 5.43 Å². The highest BCUT2D eigenvalue weighted by Gasteiger charge is 2.11. The van der Waals surface area contributed by atoms with Crippen LogP contribution in [0.4, 0.5) is 0 Å². The number of hydrogen-bond donors (Lipinski definition) is 2. The van der Waals surface area contributed by atoms with E-state index < -0.39 is 0 Å². The molecule has 0 bridgehead atoms. The number of para-hydroxylation sites is 1. The molecule has 0 fully saturated rings. The summed E-state index contributed by atoms with van der Waals surface area (Å²) in [6, 6.07) is 13.4. The van der Waals surface area contributed by atoms with Crippen molar-refractivity contribution in [2.24, 2.45) is 5.10 Å². The lowest BCUT2D eigenvalue weighted by atomic mass is 10.2. The van der Waals surface area contributed by atoms with Gasteiger partial charge in [-0.3, -0.25) is 9.89 Å². The van der Waals surface area contributed by atoms with Gasteiger partial charge in [0.1, 0.15) is 5.75 Å². The highest BCUT2D eigenvalue weighted by atomic mass is 32.1. The molecular weight excluding hydrogens is 348 g/mol. The van der Waals surface area contributed by atoms with Gasteiger partial charge in [-0.15, -0.1) is 11.3 Å². The molecule has 3 aromatic rings. The number of hydrogen-bond acceptors (Lipinski definition) is 5. The number of carbonyl (C=O) groups is 1. The van der Waals surface area contributed by atoms with Gasteiger partial charge in [0.2, 0.25) is 0 Å².